The van der Waals surface area contributed by atoms with Gasteiger partial charge in [-0.3, -0.25) is 0 Å². The summed E-state index contributed by atoms with van der Waals surface area (Å²) in [5, 5.41) is 5.32. The molecule has 0 N–H and O–H groups in total. The number of aromatic nitrogens is 1. The van der Waals surface area contributed by atoms with Crippen LogP contribution in [0.3, 0.4) is 0 Å². The van der Waals surface area contributed by atoms with Crippen LogP contribution in [0.4, 0.5) is 0 Å². The van der Waals surface area contributed by atoms with Crippen LogP contribution in [0.5, 0.6) is 0 Å². The Morgan fingerprint density at radius 1 is 0.650 bits per heavy atom. The number of aryl methyl sites for hydroxylation is 1. The summed E-state index contributed by atoms with van der Waals surface area (Å²) in [6, 6.07) is 40.8. The molecule has 0 saturated heterocycles. The van der Waals surface area contributed by atoms with Crippen LogP contribution < -0.4 is 0 Å². The zero-order valence-electron chi connectivity index (χ0n) is 22.0. The first-order chi connectivity index (χ1) is 19.8. The quantitative estimate of drug-likeness (QED) is 0.210. The number of benzene rings is 5. The fraction of sp³-hybridized carbons (Fsp3) is 0.105. The number of hydrogen-bond donors (Lipinski definition) is 0. The Bertz CT molecular complexity index is 2190. The van der Waals surface area contributed by atoms with E-state index in [0.29, 0.717) is 11.8 Å². The van der Waals surface area contributed by atoms with Crippen molar-refractivity contribution < 1.29 is 0 Å². The lowest BCUT2D eigenvalue weighted by Gasteiger charge is -2.35. The third-order valence-corrected chi connectivity index (χ3v) is 10.3. The fourth-order valence-corrected chi connectivity index (χ4v) is 8.46. The second kappa shape index (κ2) is 8.55. The summed E-state index contributed by atoms with van der Waals surface area (Å²) in [5.74, 6) is 0.995. The van der Waals surface area contributed by atoms with E-state index in [1.807, 2.05) is 11.3 Å². The Labute approximate surface area is 237 Å². The largest absolute Gasteiger partial charge is 0.309 e. The molecule has 0 saturated carbocycles. The molecule has 5 aromatic carbocycles. The summed E-state index contributed by atoms with van der Waals surface area (Å²) in [6.07, 6.45) is 9.43. The van der Waals surface area contributed by atoms with Crippen LogP contribution in [0.1, 0.15) is 29.0 Å². The molecular formula is C38H27NS. The second-order valence-electron chi connectivity index (χ2n) is 11.2. The molecule has 0 amide bonds. The van der Waals surface area contributed by atoms with Crippen molar-refractivity contribution in [2.75, 3.05) is 0 Å². The molecule has 190 valence electrons. The predicted molar refractivity (Wildman–Crippen MR) is 172 cm³/mol. The first kappa shape index (κ1) is 22.4. The van der Waals surface area contributed by atoms with Gasteiger partial charge in [-0.2, -0.15) is 0 Å². The highest BCUT2D eigenvalue weighted by Crippen LogP contribution is 2.47. The molecule has 0 fully saturated rings. The van der Waals surface area contributed by atoms with Crippen molar-refractivity contribution in [2.45, 2.75) is 18.8 Å². The van der Waals surface area contributed by atoms with Gasteiger partial charge in [0.15, 0.2) is 0 Å². The van der Waals surface area contributed by atoms with Crippen molar-refractivity contribution >= 4 is 58.9 Å². The third-order valence-electron chi connectivity index (χ3n) is 9.19. The topological polar surface area (TPSA) is 4.93 Å². The minimum absolute atomic E-state index is 0.467. The Hall–Kier alpha value is -4.40. The molecule has 7 aromatic rings. The Balaban J connectivity index is 1.22. The number of thiophene rings is 1. The smallest absolute Gasteiger partial charge is 0.0541 e. The average Bonchev–Trinajstić information content (AvgIpc) is 3.55. The van der Waals surface area contributed by atoms with Crippen LogP contribution in [-0.4, -0.2) is 4.57 Å². The number of para-hydroxylation sites is 1. The molecule has 0 radical (unpaired) electrons. The molecule has 2 aliphatic carbocycles. The normalized spacial score (nSPS) is 18.4. The van der Waals surface area contributed by atoms with Gasteiger partial charge in [-0.05, 0) is 83.5 Å². The van der Waals surface area contributed by atoms with Gasteiger partial charge in [-0.25, -0.2) is 0 Å². The van der Waals surface area contributed by atoms with E-state index in [4.69, 9.17) is 0 Å². The third kappa shape index (κ3) is 3.20. The highest BCUT2D eigenvalue weighted by Gasteiger charge is 2.32. The van der Waals surface area contributed by atoms with Crippen molar-refractivity contribution in [3.8, 4) is 5.69 Å². The van der Waals surface area contributed by atoms with Crippen molar-refractivity contribution in [1.29, 1.82) is 0 Å². The molecule has 9 rings (SSSR count). The summed E-state index contributed by atoms with van der Waals surface area (Å²) in [5.41, 5.74) is 9.61. The minimum atomic E-state index is 0.467. The average molecular weight is 530 g/mol. The van der Waals surface area contributed by atoms with Crippen LogP contribution in [0.25, 0.3) is 53.2 Å². The highest BCUT2D eigenvalue weighted by atomic mass is 32.1. The maximum atomic E-state index is 2.45. The monoisotopic (exact) mass is 529 g/mol. The molecule has 0 aliphatic heterocycles. The number of fused-ring (bicyclic) bond motifs is 9. The van der Waals surface area contributed by atoms with Crippen molar-refractivity contribution in [3.63, 3.8) is 0 Å². The van der Waals surface area contributed by atoms with Crippen molar-refractivity contribution in [1.82, 2.24) is 4.57 Å². The van der Waals surface area contributed by atoms with Gasteiger partial charge in [0, 0.05) is 42.6 Å². The molecule has 0 spiro atoms. The molecule has 2 aromatic heterocycles. The zero-order valence-corrected chi connectivity index (χ0v) is 22.9. The van der Waals surface area contributed by atoms with E-state index in [1.165, 1.54) is 76.3 Å². The lowest BCUT2D eigenvalue weighted by Crippen LogP contribution is -2.22. The molecule has 40 heavy (non-hydrogen) atoms. The summed E-state index contributed by atoms with van der Waals surface area (Å²) >= 11 is 1.88. The second-order valence-corrected chi connectivity index (χ2v) is 12.3. The molecule has 2 heteroatoms. The summed E-state index contributed by atoms with van der Waals surface area (Å²) < 4.78 is 5.14. The van der Waals surface area contributed by atoms with Crippen LogP contribution in [-0.2, 0) is 6.42 Å². The van der Waals surface area contributed by atoms with E-state index in [-0.39, 0.29) is 0 Å². The first-order valence-electron chi connectivity index (χ1n) is 14.2. The van der Waals surface area contributed by atoms with E-state index < -0.39 is 0 Å². The maximum Gasteiger partial charge on any atom is 0.0541 e. The van der Waals surface area contributed by atoms with Gasteiger partial charge >= 0.3 is 0 Å². The van der Waals surface area contributed by atoms with Crippen LogP contribution in [0.2, 0.25) is 0 Å². The number of nitrogens with zero attached hydrogens (tertiary/aromatic N) is 1. The Morgan fingerprint density at radius 3 is 2.42 bits per heavy atom. The summed E-state index contributed by atoms with van der Waals surface area (Å²) in [7, 11) is 0. The zero-order chi connectivity index (χ0) is 26.2. The van der Waals surface area contributed by atoms with Crippen LogP contribution >= 0.6 is 11.3 Å². The van der Waals surface area contributed by atoms with E-state index in [1.54, 1.807) is 0 Å². The molecule has 1 nitrogen and oxygen atoms in total. The van der Waals surface area contributed by atoms with Gasteiger partial charge in [-0.15, -0.1) is 11.3 Å². The number of rotatable bonds is 2. The van der Waals surface area contributed by atoms with Crippen molar-refractivity contribution in [3.05, 3.63) is 144 Å². The van der Waals surface area contributed by atoms with Gasteiger partial charge in [0.1, 0.15) is 0 Å². The summed E-state index contributed by atoms with van der Waals surface area (Å²) in [4.78, 5) is 0. The summed E-state index contributed by atoms with van der Waals surface area (Å²) in [6.45, 7) is 0. The lowest BCUT2D eigenvalue weighted by molar-refractivity contribution is 0.513. The minimum Gasteiger partial charge on any atom is -0.309 e. The first-order valence-corrected chi connectivity index (χ1v) is 15.1. The van der Waals surface area contributed by atoms with Gasteiger partial charge in [0.2, 0.25) is 0 Å². The standard InChI is InChI=1S/C38H27NS/c1-2-9-27-24(8-1)16-19-30-28(12-7-13-29(27)30)25-17-20-36-33(22-25)31-10-3-5-14-35(31)39(36)26-18-21-38-34(23-26)32-11-4-6-15-37(32)40-38/h1-15,17-18,20-23,29-30H,16,19H2. The number of hydrogen-bond acceptors (Lipinski definition) is 1. The van der Waals surface area contributed by atoms with Gasteiger partial charge in [0.25, 0.3) is 0 Å². The highest BCUT2D eigenvalue weighted by molar-refractivity contribution is 7.25. The van der Waals surface area contributed by atoms with E-state index in [0.717, 1.165) is 6.42 Å². The molecule has 2 aliphatic rings. The van der Waals surface area contributed by atoms with E-state index >= 15 is 0 Å². The lowest BCUT2D eigenvalue weighted by atomic mass is 9.68. The van der Waals surface area contributed by atoms with Crippen LogP contribution in [0, 0.1) is 5.92 Å². The Morgan fingerprint density at radius 2 is 1.45 bits per heavy atom. The maximum absolute atomic E-state index is 2.45. The molecular weight excluding hydrogens is 502 g/mol. The van der Waals surface area contributed by atoms with Crippen molar-refractivity contribution in [2.24, 2.45) is 5.92 Å². The molecule has 2 unspecified atom stereocenters. The SMILES string of the molecule is C1=CC2c3ccccc3CCC2C(c2ccc3c(c2)c2ccccc2n3-c2ccc3sc4ccccc4c3c2)=C1. The van der Waals surface area contributed by atoms with Gasteiger partial charge in [0.05, 0.1) is 11.0 Å². The Kier molecular flexibility index (Phi) is 4.79. The van der Waals surface area contributed by atoms with E-state index in [9.17, 15) is 0 Å². The van der Waals surface area contributed by atoms with Crippen LogP contribution in [0.15, 0.2) is 127 Å². The molecule has 0 bridgehead atoms. The predicted octanol–water partition coefficient (Wildman–Crippen LogP) is 10.5. The fourth-order valence-electron chi connectivity index (χ4n) is 7.38. The van der Waals surface area contributed by atoms with E-state index in [2.05, 4.69) is 132 Å². The van der Waals surface area contributed by atoms with Gasteiger partial charge in [-0.1, -0.05) is 85.0 Å². The molecule has 2 atom stereocenters. The van der Waals surface area contributed by atoms with Gasteiger partial charge < -0.3 is 4.57 Å². The molecule has 2 heterocycles. The number of allylic oxidation sites excluding steroid dienone is 4.